The van der Waals surface area contributed by atoms with E-state index in [0.29, 0.717) is 44.2 Å². The quantitative estimate of drug-likeness (QED) is 0.103. The van der Waals surface area contributed by atoms with E-state index >= 15 is 0 Å². The van der Waals surface area contributed by atoms with Gasteiger partial charge in [-0.15, -0.1) is 6.58 Å². The van der Waals surface area contributed by atoms with E-state index in [-0.39, 0.29) is 25.0 Å². The van der Waals surface area contributed by atoms with Gasteiger partial charge in [-0.25, -0.2) is 9.59 Å². The standard InChI is InChI=1S/C39H64N6O7/c1-7-21-40-34(48)31(46)28(17-16-25-12-13-25)42-33(47)30-27(8-2)18-22-45(30)35(49)32(39(6)19-10-9-11-20-39)44-36(50)43-29(38(3,4)5)24-52-37(51)41-23-26-14-15-26/h7,25-30,32H,1,8-24H2,2-6H3,(H,40,48)(H,41,51)(H,42,47)(H2,43,44,50)/t27-,28?,29+,30?,32+/m0/s1. The van der Waals surface area contributed by atoms with Crippen molar-refractivity contribution in [2.45, 2.75) is 142 Å². The van der Waals surface area contributed by atoms with Crippen LogP contribution in [0.1, 0.15) is 118 Å². The summed E-state index contributed by atoms with van der Waals surface area (Å²) in [7, 11) is 0. The largest absolute Gasteiger partial charge is 0.447 e. The number of likely N-dealkylation sites (tertiary alicyclic amines) is 1. The minimum absolute atomic E-state index is 0.0396. The maximum absolute atomic E-state index is 14.7. The van der Waals surface area contributed by atoms with Gasteiger partial charge in [0.25, 0.3) is 5.91 Å². The van der Waals surface area contributed by atoms with E-state index in [1.165, 1.54) is 6.08 Å². The number of hydrogen-bond acceptors (Lipinski definition) is 7. The van der Waals surface area contributed by atoms with E-state index < -0.39 is 64.7 Å². The van der Waals surface area contributed by atoms with Gasteiger partial charge in [0.1, 0.15) is 18.7 Å². The van der Waals surface area contributed by atoms with E-state index in [9.17, 15) is 28.8 Å². The van der Waals surface area contributed by atoms with Gasteiger partial charge >= 0.3 is 12.1 Å². The monoisotopic (exact) mass is 728 g/mol. The molecule has 3 aliphatic carbocycles. The average Bonchev–Trinajstić information content (AvgIpc) is 4.05. The van der Waals surface area contributed by atoms with Gasteiger partial charge in [-0.2, -0.15) is 0 Å². The zero-order valence-corrected chi connectivity index (χ0v) is 32.2. The Labute approximate surface area is 309 Å². The number of amides is 6. The maximum Gasteiger partial charge on any atom is 0.407 e. The van der Waals surface area contributed by atoms with Crippen LogP contribution in [0.3, 0.4) is 0 Å². The first-order chi connectivity index (χ1) is 24.7. The summed E-state index contributed by atoms with van der Waals surface area (Å²) in [6, 6.07) is -3.86. The van der Waals surface area contributed by atoms with Crippen molar-refractivity contribution in [2.75, 3.05) is 26.2 Å². The number of ether oxygens (including phenoxy) is 1. The van der Waals surface area contributed by atoms with Gasteiger partial charge in [-0.05, 0) is 73.5 Å². The Morgan fingerprint density at radius 1 is 0.923 bits per heavy atom. The molecule has 4 aliphatic rings. The zero-order valence-electron chi connectivity index (χ0n) is 32.2. The zero-order chi connectivity index (χ0) is 38.1. The molecule has 13 heteroatoms. The number of urea groups is 1. The van der Waals surface area contributed by atoms with Crippen molar-refractivity contribution in [3.8, 4) is 0 Å². The normalized spacial score (nSPS) is 23.0. The predicted octanol–water partition coefficient (Wildman–Crippen LogP) is 4.35. The van der Waals surface area contributed by atoms with Crippen molar-refractivity contribution in [1.29, 1.82) is 0 Å². The highest BCUT2D eigenvalue weighted by atomic mass is 16.5. The summed E-state index contributed by atoms with van der Waals surface area (Å²) in [5.41, 5.74) is -1.02. The molecule has 0 bridgehead atoms. The van der Waals surface area contributed by atoms with Crippen molar-refractivity contribution in [3.05, 3.63) is 12.7 Å². The molecule has 292 valence electrons. The number of alkyl carbamates (subject to hydrolysis) is 1. The molecule has 1 saturated heterocycles. The van der Waals surface area contributed by atoms with Crippen molar-refractivity contribution in [2.24, 2.45) is 28.6 Å². The van der Waals surface area contributed by atoms with E-state index in [1.54, 1.807) is 4.90 Å². The van der Waals surface area contributed by atoms with Gasteiger partial charge in [0.2, 0.25) is 17.6 Å². The summed E-state index contributed by atoms with van der Waals surface area (Å²) in [6.45, 7) is 14.4. The van der Waals surface area contributed by atoms with Crippen LogP contribution in [-0.4, -0.2) is 90.9 Å². The van der Waals surface area contributed by atoms with Gasteiger partial charge < -0.3 is 36.2 Å². The number of Topliss-reactive ketones (excluding diaryl/α,β-unsaturated/α-hetero) is 1. The smallest absolute Gasteiger partial charge is 0.407 e. The Balaban J connectivity index is 1.51. The van der Waals surface area contributed by atoms with Crippen molar-refractivity contribution < 1.29 is 33.5 Å². The molecule has 0 aromatic heterocycles. The van der Waals surface area contributed by atoms with E-state index in [0.717, 1.165) is 64.2 Å². The Bertz CT molecular complexity index is 1300. The molecule has 0 radical (unpaired) electrons. The molecule has 6 amide bonds. The van der Waals surface area contributed by atoms with E-state index in [2.05, 4.69) is 33.2 Å². The molecule has 52 heavy (non-hydrogen) atoms. The third kappa shape index (κ3) is 11.7. The number of carbonyl (C=O) groups is 6. The molecule has 3 saturated carbocycles. The number of hydrogen-bond donors (Lipinski definition) is 5. The molecule has 13 nitrogen and oxygen atoms in total. The van der Waals surface area contributed by atoms with Gasteiger partial charge in [-0.3, -0.25) is 19.2 Å². The maximum atomic E-state index is 14.7. The van der Waals surface area contributed by atoms with Crippen LogP contribution in [-0.2, 0) is 23.9 Å². The Hall–Kier alpha value is -3.64. The lowest BCUT2D eigenvalue weighted by Gasteiger charge is -2.43. The highest BCUT2D eigenvalue weighted by Gasteiger charge is 2.49. The van der Waals surface area contributed by atoms with Gasteiger partial charge in [0.15, 0.2) is 0 Å². The first kappa shape index (κ1) is 41.1. The summed E-state index contributed by atoms with van der Waals surface area (Å²) >= 11 is 0. The summed E-state index contributed by atoms with van der Waals surface area (Å²) in [5.74, 6) is -1.42. The second-order valence-corrected chi connectivity index (χ2v) is 17.0. The fourth-order valence-corrected chi connectivity index (χ4v) is 7.58. The van der Waals surface area contributed by atoms with Crippen LogP contribution in [0.4, 0.5) is 9.59 Å². The lowest BCUT2D eigenvalue weighted by atomic mass is 9.70. The first-order valence-electron chi connectivity index (χ1n) is 19.7. The van der Waals surface area contributed by atoms with Crippen molar-refractivity contribution in [1.82, 2.24) is 31.5 Å². The number of ketones is 1. The second-order valence-electron chi connectivity index (χ2n) is 17.0. The summed E-state index contributed by atoms with van der Waals surface area (Å²) in [4.78, 5) is 82.6. The van der Waals surface area contributed by atoms with E-state index in [1.807, 2.05) is 34.6 Å². The third-order valence-corrected chi connectivity index (χ3v) is 11.6. The number of carbonyl (C=O) groups excluding carboxylic acids is 6. The number of rotatable bonds is 18. The molecule has 0 aromatic carbocycles. The minimum atomic E-state index is -1.00. The van der Waals surface area contributed by atoms with Gasteiger partial charge in [0, 0.05) is 19.6 Å². The van der Waals surface area contributed by atoms with Gasteiger partial charge in [-0.1, -0.05) is 79.2 Å². The molecule has 0 aromatic rings. The number of nitrogens with one attached hydrogen (secondary N) is 5. The molecule has 5 atom stereocenters. The molecule has 4 rings (SSSR count). The van der Waals surface area contributed by atoms with Crippen LogP contribution >= 0.6 is 0 Å². The molecule has 2 unspecified atom stereocenters. The van der Waals surface area contributed by atoms with Gasteiger partial charge in [0.05, 0.1) is 12.1 Å². The topological polar surface area (TPSA) is 175 Å². The predicted molar refractivity (Wildman–Crippen MR) is 198 cm³/mol. The fourth-order valence-electron chi connectivity index (χ4n) is 7.58. The molecule has 1 heterocycles. The molecular weight excluding hydrogens is 664 g/mol. The van der Waals surface area contributed by atoms with Crippen LogP contribution in [0.5, 0.6) is 0 Å². The third-order valence-electron chi connectivity index (χ3n) is 11.6. The Morgan fingerprint density at radius 3 is 2.19 bits per heavy atom. The molecule has 4 fully saturated rings. The highest BCUT2D eigenvalue weighted by molar-refractivity contribution is 6.38. The molecule has 5 N–H and O–H groups in total. The highest BCUT2D eigenvalue weighted by Crippen LogP contribution is 2.41. The fraction of sp³-hybridized carbons (Fsp3) is 0.795. The number of nitrogens with zero attached hydrogens (tertiary/aromatic N) is 1. The summed E-state index contributed by atoms with van der Waals surface area (Å²) in [6.07, 6.45) is 11.9. The average molecular weight is 729 g/mol. The second kappa shape index (κ2) is 18.4. The van der Waals surface area contributed by atoms with Crippen LogP contribution in [0.15, 0.2) is 12.7 Å². The summed E-state index contributed by atoms with van der Waals surface area (Å²) < 4.78 is 5.49. The Kier molecular flexibility index (Phi) is 14.6. The first-order valence-corrected chi connectivity index (χ1v) is 19.7. The Morgan fingerprint density at radius 2 is 1.60 bits per heavy atom. The van der Waals surface area contributed by atoms with Crippen LogP contribution in [0.25, 0.3) is 0 Å². The van der Waals surface area contributed by atoms with Crippen LogP contribution in [0.2, 0.25) is 0 Å². The van der Waals surface area contributed by atoms with E-state index in [4.69, 9.17) is 4.74 Å². The van der Waals surface area contributed by atoms with Crippen molar-refractivity contribution >= 4 is 35.6 Å². The lowest BCUT2D eigenvalue weighted by molar-refractivity contribution is -0.145. The molecular formula is C39H64N6O7. The van der Waals surface area contributed by atoms with Crippen LogP contribution < -0.4 is 26.6 Å². The minimum Gasteiger partial charge on any atom is -0.447 e. The summed E-state index contributed by atoms with van der Waals surface area (Å²) in [5, 5.41) is 14.2. The molecule has 1 aliphatic heterocycles. The lowest BCUT2D eigenvalue weighted by Crippen LogP contribution is -2.63. The van der Waals surface area contributed by atoms with Crippen LogP contribution in [0, 0.1) is 28.6 Å². The SMILES string of the molecule is C=CCNC(=O)C(=O)C(CCC1CC1)NC(=O)C1[C@@H](CC)CCN1C(=O)[C@@H](NC(=O)N[C@H](COC(=O)NCC1CC1)C(C)(C)C)C1(C)CCCCC1. The molecule has 0 spiro atoms. The van der Waals surface area contributed by atoms with Crippen molar-refractivity contribution in [3.63, 3.8) is 0 Å².